The molecule has 4 heteroatoms. The molecule has 4 nitrogen and oxygen atoms in total. The fourth-order valence-electron chi connectivity index (χ4n) is 5.96. The summed E-state index contributed by atoms with van der Waals surface area (Å²) in [4.78, 5) is 14.9. The summed E-state index contributed by atoms with van der Waals surface area (Å²) in [6, 6.07) is 6.48. The van der Waals surface area contributed by atoms with E-state index in [1.165, 1.54) is 11.1 Å². The zero-order valence-corrected chi connectivity index (χ0v) is 15.0. The zero-order valence-electron chi connectivity index (χ0n) is 15.0. The van der Waals surface area contributed by atoms with E-state index in [4.69, 9.17) is 4.74 Å². The Morgan fingerprint density at radius 3 is 2.83 bits per heavy atom. The largest absolute Gasteiger partial charge is 0.508 e. The average molecular weight is 329 g/mol. The van der Waals surface area contributed by atoms with Crippen LogP contribution in [0.5, 0.6) is 5.75 Å². The second-order valence-electron chi connectivity index (χ2n) is 8.31. The van der Waals surface area contributed by atoms with Crippen LogP contribution in [-0.2, 0) is 21.4 Å². The van der Waals surface area contributed by atoms with Gasteiger partial charge >= 0.3 is 5.97 Å². The Bertz CT molecular complexity index is 702. The number of aromatic hydroxyl groups is 1. The van der Waals surface area contributed by atoms with Gasteiger partial charge < -0.3 is 9.84 Å². The number of rotatable bonds is 2. The molecule has 5 unspecified atom stereocenters. The van der Waals surface area contributed by atoms with Crippen LogP contribution in [0.1, 0.15) is 44.7 Å². The van der Waals surface area contributed by atoms with Crippen LogP contribution < -0.4 is 0 Å². The third-order valence-electron chi connectivity index (χ3n) is 7.43. The third kappa shape index (κ3) is 1.81. The maximum Gasteiger partial charge on any atom is 0.310 e. The van der Waals surface area contributed by atoms with Gasteiger partial charge in [0.1, 0.15) is 5.75 Å². The predicted octanol–water partition coefficient (Wildman–Crippen LogP) is 2.87. The molecule has 24 heavy (non-hydrogen) atoms. The first kappa shape index (κ1) is 15.9. The fourth-order valence-corrected chi connectivity index (χ4v) is 5.96. The van der Waals surface area contributed by atoms with Crippen LogP contribution in [0.25, 0.3) is 0 Å². The highest BCUT2D eigenvalue weighted by Gasteiger charge is 2.66. The highest BCUT2D eigenvalue weighted by Crippen LogP contribution is 2.65. The number of likely N-dealkylation sites (N-methyl/N-ethyl adjacent to an activating group) is 1. The second kappa shape index (κ2) is 4.98. The fraction of sp³-hybridized carbons (Fsp3) is 0.650. The molecular formula is C20H27NO3. The van der Waals surface area contributed by atoms with Crippen LogP contribution in [0.15, 0.2) is 18.2 Å². The van der Waals surface area contributed by atoms with E-state index in [1.807, 2.05) is 13.0 Å². The lowest BCUT2D eigenvalue weighted by Crippen LogP contribution is -2.73. The number of phenols is 1. The normalized spacial score (nSPS) is 40.2. The van der Waals surface area contributed by atoms with E-state index in [9.17, 15) is 9.90 Å². The number of benzene rings is 1. The molecule has 4 aliphatic rings. The molecule has 0 aromatic heterocycles. The molecule has 4 bridgehead atoms. The van der Waals surface area contributed by atoms with Gasteiger partial charge in [0, 0.05) is 17.5 Å². The maximum atomic E-state index is 12.5. The maximum absolute atomic E-state index is 12.5. The summed E-state index contributed by atoms with van der Waals surface area (Å²) in [6.07, 6.45) is 2.80. The van der Waals surface area contributed by atoms with Crippen molar-refractivity contribution in [2.75, 3.05) is 13.7 Å². The topological polar surface area (TPSA) is 49.8 Å². The Morgan fingerprint density at radius 1 is 1.38 bits per heavy atom. The Morgan fingerprint density at radius 2 is 2.12 bits per heavy atom. The Hall–Kier alpha value is -1.55. The van der Waals surface area contributed by atoms with Gasteiger partial charge in [0.2, 0.25) is 0 Å². The average Bonchev–Trinajstić information content (AvgIpc) is 2.53. The number of piperidine rings is 2. The number of esters is 1. The summed E-state index contributed by atoms with van der Waals surface area (Å²) < 4.78 is 5.37. The second-order valence-corrected chi connectivity index (χ2v) is 8.31. The van der Waals surface area contributed by atoms with Gasteiger partial charge in [-0.25, -0.2) is 0 Å². The molecule has 0 radical (unpaired) electrons. The number of carbonyl (C=O) groups excluding carboxylic acids is 1. The number of ether oxygens (including phenoxy) is 1. The molecule has 1 saturated carbocycles. The first-order valence-electron chi connectivity index (χ1n) is 9.03. The van der Waals surface area contributed by atoms with Gasteiger partial charge in [-0.15, -0.1) is 0 Å². The first-order chi connectivity index (χ1) is 11.3. The Labute approximate surface area is 143 Å². The molecule has 3 fully saturated rings. The zero-order chi connectivity index (χ0) is 17.3. The minimum absolute atomic E-state index is 0.00865. The van der Waals surface area contributed by atoms with Crippen LogP contribution in [0, 0.1) is 11.3 Å². The molecule has 2 aliphatic heterocycles. The smallest absolute Gasteiger partial charge is 0.310 e. The summed E-state index contributed by atoms with van der Waals surface area (Å²) in [5.74, 6) is 0.259. The van der Waals surface area contributed by atoms with Gasteiger partial charge in [0.25, 0.3) is 0 Å². The molecule has 130 valence electrons. The lowest BCUT2D eigenvalue weighted by atomic mass is 9.42. The van der Waals surface area contributed by atoms with Crippen molar-refractivity contribution in [2.45, 2.75) is 57.5 Å². The van der Waals surface area contributed by atoms with Gasteiger partial charge in [0.05, 0.1) is 12.5 Å². The predicted molar refractivity (Wildman–Crippen MR) is 92.0 cm³/mol. The highest BCUT2D eigenvalue weighted by molar-refractivity contribution is 5.74. The summed E-state index contributed by atoms with van der Waals surface area (Å²) >= 11 is 0. The minimum Gasteiger partial charge on any atom is -0.508 e. The van der Waals surface area contributed by atoms with Crippen LogP contribution in [-0.4, -0.2) is 41.7 Å². The van der Waals surface area contributed by atoms with Crippen LogP contribution in [0.3, 0.4) is 0 Å². The van der Waals surface area contributed by atoms with Crippen molar-refractivity contribution in [3.8, 4) is 5.75 Å². The van der Waals surface area contributed by atoms with Gasteiger partial charge in [0.15, 0.2) is 0 Å². The lowest BCUT2D eigenvalue weighted by Gasteiger charge is -2.69. The lowest BCUT2D eigenvalue weighted by molar-refractivity contribution is -0.180. The van der Waals surface area contributed by atoms with E-state index in [2.05, 4.69) is 31.9 Å². The van der Waals surface area contributed by atoms with E-state index in [-0.39, 0.29) is 28.8 Å². The molecular weight excluding hydrogens is 302 g/mol. The molecule has 1 N–H and O–H groups in total. The van der Waals surface area contributed by atoms with E-state index < -0.39 is 0 Å². The molecule has 2 aliphatic carbocycles. The number of hydrogen-bond acceptors (Lipinski definition) is 4. The number of hydrogen-bond donors (Lipinski definition) is 1. The number of carbonyl (C=O) groups is 1. The van der Waals surface area contributed by atoms with Crippen molar-refractivity contribution < 1.29 is 14.6 Å². The summed E-state index contributed by atoms with van der Waals surface area (Å²) in [6.45, 7) is 6.99. The van der Waals surface area contributed by atoms with Crippen LogP contribution in [0.2, 0.25) is 0 Å². The SMILES string of the molecule is CCOC(=O)C1CC2(C)C3Cc4ccc(O)cc4C2(C)CC1N3C. The van der Waals surface area contributed by atoms with Crippen LogP contribution in [0.4, 0.5) is 0 Å². The molecule has 5 rings (SSSR count). The number of nitrogens with zero attached hydrogens (tertiary/aromatic N) is 1. The van der Waals surface area contributed by atoms with Gasteiger partial charge in [-0.3, -0.25) is 9.69 Å². The number of phenolic OH excluding ortho intramolecular Hbond substituents is 1. The summed E-state index contributed by atoms with van der Waals surface area (Å²) in [7, 11) is 2.17. The molecule has 1 aromatic rings. The van der Waals surface area contributed by atoms with E-state index in [0.717, 1.165) is 19.3 Å². The van der Waals surface area contributed by atoms with E-state index >= 15 is 0 Å². The Balaban J connectivity index is 1.81. The van der Waals surface area contributed by atoms with Gasteiger partial charge in [-0.2, -0.15) is 0 Å². The molecule has 5 atom stereocenters. The van der Waals surface area contributed by atoms with Crippen molar-refractivity contribution in [1.82, 2.24) is 4.90 Å². The molecule has 0 spiro atoms. The quantitative estimate of drug-likeness (QED) is 0.848. The van der Waals surface area contributed by atoms with Crippen molar-refractivity contribution >= 4 is 5.97 Å². The van der Waals surface area contributed by atoms with Gasteiger partial charge in [-0.05, 0) is 61.9 Å². The van der Waals surface area contributed by atoms with Crippen molar-refractivity contribution in [3.63, 3.8) is 0 Å². The monoisotopic (exact) mass is 329 g/mol. The molecule has 2 saturated heterocycles. The minimum atomic E-state index is -0.0437. The van der Waals surface area contributed by atoms with E-state index in [1.54, 1.807) is 6.07 Å². The summed E-state index contributed by atoms with van der Waals surface area (Å²) in [5.41, 5.74) is 2.62. The molecule has 1 aromatic carbocycles. The standard InChI is InChI=1S/C20H27NO3/c1-5-24-18(23)14-10-20(3)17-8-12-6-7-13(22)9-15(12)19(20,2)11-16(14)21(17)4/h6-7,9,14,16-17,22H,5,8,10-11H2,1-4H3. The van der Waals surface area contributed by atoms with E-state index in [0.29, 0.717) is 18.4 Å². The third-order valence-corrected chi connectivity index (χ3v) is 7.43. The molecule has 2 heterocycles. The molecule has 0 amide bonds. The van der Waals surface area contributed by atoms with Crippen molar-refractivity contribution in [3.05, 3.63) is 29.3 Å². The Kier molecular flexibility index (Phi) is 3.31. The van der Waals surface area contributed by atoms with Crippen LogP contribution >= 0.6 is 0 Å². The van der Waals surface area contributed by atoms with Gasteiger partial charge in [-0.1, -0.05) is 19.9 Å². The highest BCUT2D eigenvalue weighted by atomic mass is 16.5. The van der Waals surface area contributed by atoms with Crippen molar-refractivity contribution in [1.29, 1.82) is 0 Å². The van der Waals surface area contributed by atoms with Crippen molar-refractivity contribution in [2.24, 2.45) is 11.3 Å². The number of fused-ring (bicyclic) bond motifs is 2. The first-order valence-corrected chi connectivity index (χ1v) is 9.03. The summed E-state index contributed by atoms with van der Waals surface area (Å²) in [5, 5.41) is 10.0.